The summed E-state index contributed by atoms with van der Waals surface area (Å²) in [5.41, 5.74) is 0.719. The Morgan fingerprint density at radius 1 is 0.872 bits per heavy atom. The minimum Gasteiger partial charge on any atom is -0.459 e. The molecule has 2 saturated carbocycles. The van der Waals surface area contributed by atoms with Crippen LogP contribution in [0.3, 0.4) is 0 Å². The van der Waals surface area contributed by atoms with Crippen LogP contribution >= 0.6 is 11.8 Å². The number of amides is 2. The molecule has 1 aromatic carbocycles. The third-order valence-corrected chi connectivity index (χ3v) is 9.28. The molecule has 0 spiro atoms. The lowest BCUT2D eigenvalue weighted by Gasteiger charge is -2.29. The first-order chi connectivity index (χ1) is 18.5. The van der Waals surface area contributed by atoms with Gasteiger partial charge < -0.3 is 15.0 Å². The smallest absolute Gasteiger partial charge is 0.322 e. The molecule has 2 aliphatic rings. The highest BCUT2D eigenvalue weighted by Gasteiger charge is 2.33. The Bertz CT molecular complexity index is 881. The number of benzene rings is 1. The van der Waals surface area contributed by atoms with Gasteiger partial charge in [-0.3, -0.25) is 4.79 Å². The number of unbranched alkanes of at least 4 members (excludes halogenated alkanes) is 1. The van der Waals surface area contributed by atoms with Crippen molar-refractivity contribution in [3.63, 3.8) is 0 Å². The fourth-order valence-corrected chi connectivity index (χ4v) is 6.75. The minimum absolute atomic E-state index is 0.117. The van der Waals surface area contributed by atoms with E-state index >= 15 is 0 Å². The Balaban J connectivity index is 1.52. The zero-order chi connectivity index (χ0) is 28.3. The molecule has 2 fully saturated rings. The molecule has 0 aliphatic heterocycles. The number of urea groups is 1. The van der Waals surface area contributed by atoms with E-state index in [4.69, 9.17) is 4.74 Å². The van der Waals surface area contributed by atoms with Gasteiger partial charge in [0.2, 0.25) is 0 Å². The number of nitrogens with zero attached hydrogens (tertiary/aromatic N) is 1. The Hall–Kier alpha value is -1.69. The summed E-state index contributed by atoms with van der Waals surface area (Å²) in [5.74, 6) is 0.701. The molecule has 0 heterocycles. The van der Waals surface area contributed by atoms with Gasteiger partial charge in [-0.25, -0.2) is 4.79 Å². The molecule has 0 bridgehead atoms. The van der Waals surface area contributed by atoms with Crippen molar-refractivity contribution in [3.05, 3.63) is 29.8 Å². The predicted molar refractivity (Wildman–Crippen MR) is 163 cm³/mol. The number of carbonyl (C=O) groups is 2. The topological polar surface area (TPSA) is 58.6 Å². The molecule has 220 valence electrons. The van der Waals surface area contributed by atoms with E-state index in [-0.39, 0.29) is 12.0 Å². The van der Waals surface area contributed by atoms with E-state index in [0.717, 1.165) is 49.6 Å². The van der Waals surface area contributed by atoms with Crippen LogP contribution in [0, 0.1) is 5.92 Å². The van der Waals surface area contributed by atoms with E-state index in [0.29, 0.717) is 6.04 Å². The van der Waals surface area contributed by atoms with Crippen LogP contribution in [0.1, 0.15) is 124 Å². The third kappa shape index (κ3) is 11.8. The molecule has 6 heteroatoms. The Kier molecular flexibility index (Phi) is 12.5. The Morgan fingerprint density at radius 2 is 1.49 bits per heavy atom. The number of carbonyl (C=O) groups excluding carboxylic acids is 2. The van der Waals surface area contributed by atoms with Crippen molar-refractivity contribution in [1.29, 1.82) is 0 Å². The van der Waals surface area contributed by atoms with Crippen molar-refractivity contribution in [2.24, 2.45) is 5.92 Å². The second-order valence-corrected chi connectivity index (χ2v) is 15.0. The standard InChI is InChI=1S/C33H54N2O3S/c1-32(2,3)38-30(36)33(4,5)39-29-21-19-27(20-22-29)23-25-35(31(37)34-28-17-10-7-11-18-28)24-13-12-16-26-14-8-6-9-15-26/h19-22,26,28H,6-18,23-25H2,1-5H3,(H,34,37). The fraction of sp³-hybridized carbons (Fsp3) is 0.758. The first kappa shape index (κ1) is 31.8. The quantitative estimate of drug-likeness (QED) is 0.159. The van der Waals surface area contributed by atoms with E-state index < -0.39 is 10.3 Å². The van der Waals surface area contributed by atoms with Crippen molar-refractivity contribution in [3.8, 4) is 0 Å². The molecule has 0 atom stereocenters. The molecule has 1 N–H and O–H groups in total. The van der Waals surface area contributed by atoms with E-state index in [9.17, 15) is 9.59 Å². The van der Waals surface area contributed by atoms with Gasteiger partial charge in [0.05, 0.1) is 0 Å². The highest BCUT2D eigenvalue weighted by atomic mass is 32.2. The summed E-state index contributed by atoms with van der Waals surface area (Å²) in [4.78, 5) is 29.0. The fourth-order valence-electron chi connectivity index (χ4n) is 5.76. The lowest BCUT2D eigenvalue weighted by molar-refractivity contribution is -0.156. The largest absolute Gasteiger partial charge is 0.459 e. The molecule has 0 unspecified atom stereocenters. The van der Waals surface area contributed by atoms with Gasteiger partial charge in [0.1, 0.15) is 10.3 Å². The summed E-state index contributed by atoms with van der Waals surface area (Å²) in [6, 6.07) is 8.89. The number of thioether (sulfide) groups is 1. The molecule has 3 rings (SSSR count). The minimum atomic E-state index is -0.666. The molecule has 0 saturated heterocycles. The molecule has 39 heavy (non-hydrogen) atoms. The summed E-state index contributed by atoms with van der Waals surface area (Å²) >= 11 is 1.53. The highest BCUT2D eigenvalue weighted by molar-refractivity contribution is 8.01. The molecule has 0 aromatic heterocycles. The second-order valence-electron chi connectivity index (χ2n) is 13.3. The number of hydrogen-bond acceptors (Lipinski definition) is 4. The zero-order valence-electron chi connectivity index (χ0n) is 25.4. The molecule has 5 nitrogen and oxygen atoms in total. The Labute approximate surface area is 242 Å². The molecule has 2 aliphatic carbocycles. The molecular weight excluding hydrogens is 504 g/mol. The maximum atomic E-state index is 13.3. The van der Waals surface area contributed by atoms with Crippen molar-refractivity contribution in [2.75, 3.05) is 13.1 Å². The van der Waals surface area contributed by atoms with Crippen molar-refractivity contribution in [1.82, 2.24) is 10.2 Å². The second kappa shape index (κ2) is 15.3. The van der Waals surface area contributed by atoms with E-state index in [1.807, 2.05) is 34.6 Å². The summed E-state index contributed by atoms with van der Waals surface area (Å²) in [6.45, 7) is 11.1. The number of ether oxygens (including phenoxy) is 1. The highest BCUT2D eigenvalue weighted by Crippen LogP contribution is 2.35. The van der Waals surface area contributed by atoms with Crippen LogP contribution in [-0.2, 0) is 16.0 Å². The van der Waals surface area contributed by atoms with Gasteiger partial charge in [0.25, 0.3) is 0 Å². The summed E-state index contributed by atoms with van der Waals surface area (Å²) in [6.07, 6.45) is 17.4. The van der Waals surface area contributed by atoms with Crippen molar-refractivity contribution < 1.29 is 14.3 Å². The predicted octanol–water partition coefficient (Wildman–Crippen LogP) is 8.54. The first-order valence-electron chi connectivity index (χ1n) is 15.6. The van der Waals surface area contributed by atoms with Crippen LogP contribution < -0.4 is 5.32 Å². The van der Waals surface area contributed by atoms with E-state index in [1.165, 1.54) is 81.5 Å². The van der Waals surface area contributed by atoms with Crippen LogP contribution in [0.5, 0.6) is 0 Å². The van der Waals surface area contributed by atoms with Crippen LogP contribution in [-0.4, -0.2) is 46.4 Å². The van der Waals surface area contributed by atoms with Gasteiger partial charge in [0, 0.05) is 24.0 Å². The Morgan fingerprint density at radius 3 is 2.10 bits per heavy atom. The molecule has 0 radical (unpaired) electrons. The summed E-state index contributed by atoms with van der Waals surface area (Å²) in [7, 11) is 0. The normalized spacial score (nSPS) is 17.6. The third-order valence-electron chi connectivity index (χ3n) is 8.09. The van der Waals surface area contributed by atoms with Gasteiger partial charge >= 0.3 is 12.0 Å². The average Bonchev–Trinajstić information content (AvgIpc) is 2.89. The van der Waals surface area contributed by atoms with Gasteiger partial charge in [0.15, 0.2) is 0 Å². The van der Waals surface area contributed by atoms with Gasteiger partial charge in [-0.05, 0) is 83.9 Å². The maximum absolute atomic E-state index is 13.3. The van der Waals surface area contributed by atoms with E-state index in [2.05, 4.69) is 34.5 Å². The lowest BCUT2D eigenvalue weighted by Crippen LogP contribution is -2.46. The van der Waals surface area contributed by atoms with Gasteiger partial charge in [-0.15, -0.1) is 11.8 Å². The van der Waals surface area contributed by atoms with Gasteiger partial charge in [-0.1, -0.05) is 76.3 Å². The summed E-state index contributed by atoms with van der Waals surface area (Å²) in [5, 5.41) is 3.35. The number of nitrogens with one attached hydrogen (secondary N) is 1. The molecule has 2 amide bonds. The van der Waals surface area contributed by atoms with Gasteiger partial charge in [-0.2, -0.15) is 0 Å². The van der Waals surface area contributed by atoms with Crippen LogP contribution in [0.4, 0.5) is 4.79 Å². The maximum Gasteiger partial charge on any atom is 0.322 e. The molecular formula is C33H54N2O3S. The van der Waals surface area contributed by atoms with Crippen LogP contribution in [0.2, 0.25) is 0 Å². The zero-order valence-corrected chi connectivity index (χ0v) is 26.2. The average molecular weight is 559 g/mol. The number of hydrogen-bond donors (Lipinski definition) is 1. The monoisotopic (exact) mass is 558 g/mol. The van der Waals surface area contributed by atoms with E-state index in [1.54, 1.807) is 0 Å². The SMILES string of the molecule is CC(C)(C)OC(=O)C(C)(C)Sc1ccc(CCN(CCCCC2CCCCC2)C(=O)NC2CCCCC2)cc1. The van der Waals surface area contributed by atoms with Crippen LogP contribution in [0.15, 0.2) is 29.2 Å². The number of rotatable bonds is 12. The first-order valence-corrected chi connectivity index (χ1v) is 16.4. The summed E-state index contributed by atoms with van der Waals surface area (Å²) < 4.78 is 4.95. The van der Waals surface area contributed by atoms with Crippen molar-refractivity contribution >= 4 is 23.8 Å². The molecule has 1 aromatic rings. The van der Waals surface area contributed by atoms with Crippen molar-refractivity contribution in [2.45, 2.75) is 146 Å². The van der Waals surface area contributed by atoms with Crippen LogP contribution in [0.25, 0.3) is 0 Å². The lowest BCUT2D eigenvalue weighted by atomic mass is 9.86. The number of esters is 1.